The van der Waals surface area contributed by atoms with Gasteiger partial charge in [-0.05, 0) is 51.2 Å². The molecule has 0 saturated heterocycles. The molecule has 0 spiro atoms. The van der Waals surface area contributed by atoms with Crippen molar-refractivity contribution in [2.24, 2.45) is 5.92 Å². The van der Waals surface area contributed by atoms with E-state index in [0.717, 1.165) is 32.0 Å². The molecule has 0 atom stereocenters. The van der Waals surface area contributed by atoms with Gasteiger partial charge in [0.1, 0.15) is 12.4 Å². The molecule has 0 aliphatic heterocycles. The number of benzene rings is 1. The van der Waals surface area contributed by atoms with Crippen molar-refractivity contribution in [3.8, 4) is 5.75 Å². The van der Waals surface area contributed by atoms with Gasteiger partial charge in [0.15, 0.2) is 0 Å². The highest BCUT2D eigenvalue weighted by molar-refractivity contribution is 5.53. The molecule has 118 valence electrons. The average Bonchev–Trinajstić information content (AvgIpc) is 2.40. The van der Waals surface area contributed by atoms with Gasteiger partial charge in [-0.1, -0.05) is 37.6 Å². The van der Waals surface area contributed by atoms with Crippen molar-refractivity contribution in [2.75, 3.05) is 40.3 Å². The van der Waals surface area contributed by atoms with Crippen LogP contribution in [0, 0.1) is 5.92 Å². The van der Waals surface area contributed by atoms with Crippen LogP contribution in [0.25, 0.3) is 6.08 Å². The van der Waals surface area contributed by atoms with Crippen molar-refractivity contribution in [3.63, 3.8) is 0 Å². The van der Waals surface area contributed by atoms with E-state index in [1.165, 1.54) is 11.1 Å². The number of rotatable bonds is 9. The summed E-state index contributed by atoms with van der Waals surface area (Å²) in [6.07, 6.45) is 2.22. The monoisotopic (exact) mass is 290 g/mol. The zero-order valence-electron chi connectivity index (χ0n) is 14.1. The molecule has 21 heavy (non-hydrogen) atoms. The molecule has 0 amide bonds. The maximum absolute atomic E-state index is 5.69. The van der Waals surface area contributed by atoms with Gasteiger partial charge in [-0.3, -0.25) is 0 Å². The van der Waals surface area contributed by atoms with E-state index in [0.29, 0.717) is 5.92 Å². The van der Waals surface area contributed by atoms with E-state index < -0.39 is 0 Å². The Hall–Kier alpha value is -1.32. The number of likely N-dealkylation sites (N-methyl/N-ethyl adjacent to an activating group) is 1. The largest absolute Gasteiger partial charge is 0.492 e. The number of nitrogens with zero attached hydrogens (tertiary/aromatic N) is 1. The van der Waals surface area contributed by atoms with Gasteiger partial charge in [0.25, 0.3) is 0 Å². The number of hydrogen-bond acceptors (Lipinski definition) is 3. The predicted molar refractivity (Wildman–Crippen MR) is 91.8 cm³/mol. The number of nitrogens with one attached hydrogen (secondary N) is 1. The zero-order valence-corrected chi connectivity index (χ0v) is 14.1. The van der Waals surface area contributed by atoms with Crippen LogP contribution in [-0.4, -0.2) is 45.2 Å². The van der Waals surface area contributed by atoms with Crippen molar-refractivity contribution in [1.29, 1.82) is 0 Å². The van der Waals surface area contributed by atoms with Crippen LogP contribution < -0.4 is 10.1 Å². The van der Waals surface area contributed by atoms with Gasteiger partial charge in [-0.2, -0.15) is 0 Å². The van der Waals surface area contributed by atoms with E-state index in [1.54, 1.807) is 0 Å². The summed E-state index contributed by atoms with van der Waals surface area (Å²) in [6, 6.07) is 8.29. The molecule has 0 heterocycles. The lowest BCUT2D eigenvalue weighted by Crippen LogP contribution is -2.21. The van der Waals surface area contributed by atoms with Crippen LogP contribution in [0.5, 0.6) is 5.75 Å². The van der Waals surface area contributed by atoms with Crippen molar-refractivity contribution in [2.45, 2.75) is 20.8 Å². The zero-order chi connectivity index (χ0) is 15.7. The maximum Gasteiger partial charge on any atom is 0.119 e. The van der Waals surface area contributed by atoms with Crippen molar-refractivity contribution < 1.29 is 4.74 Å². The minimum absolute atomic E-state index is 0.691. The summed E-state index contributed by atoms with van der Waals surface area (Å²) in [7, 11) is 4.10. The predicted octanol–water partition coefficient (Wildman–Crippen LogP) is 3.28. The molecule has 0 radical (unpaired) electrons. The summed E-state index contributed by atoms with van der Waals surface area (Å²) in [5.41, 5.74) is 2.57. The normalized spacial score (nSPS) is 12.2. The molecule has 3 heteroatoms. The Labute approximate surface area is 130 Å². The van der Waals surface area contributed by atoms with E-state index >= 15 is 0 Å². The first kappa shape index (κ1) is 17.7. The minimum atomic E-state index is 0.691. The van der Waals surface area contributed by atoms with Crippen molar-refractivity contribution in [1.82, 2.24) is 10.2 Å². The molecule has 1 aromatic rings. The first-order valence-corrected chi connectivity index (χ1v) is 7.73. The smallest absolute Gasteiger partial charge is 0.119 e. The fraction of sp³-hybridized carbons (Fsp3) is 0.556. The fourth-order valence-corrected chi connectivity index (χ4v) is 1.90. The average molecular weight is 290 g/mol. The summed E-state index contributed by atoms with van der Waals surface area (Å²) < 4.78 is 5.69. The lowest BCUT2D eigenvalue weighted by molar-refractivity contribution is 0.261. The molecule has 0 bridgehead atoms. The highest BCUT2D eigenvalue weighted by Gasteiger charge is 1.97. The quantitative estimate of drug-likeness (QED) is 0.755. The highest BCUT2D eigenvalue weighted by atomic mass is 16.5. The van der Waals surface area contributed by atoms with Crippen LogP contribution in [-0.2, 0) is 0 Å². The Morgan fingerprint density at radius 2 is 1.90 bits per heavy atom. The van der Waals surface area contributed by atoms with E-state index in [4.69, 9.17) is 4.74 Å². The number of hydrogen-bond donors (Lipinski definition) is 1. The van der Waals surface area contributed by atoms with Crippen LogP contribution in [0.15, 0.2) is 29.8 Å². The second-order valence-corrected chi connectivity index (χ2v) is 6.24. The molecule has 0 aliphatic carbocycles. The summed E-state index contributed by atoms with van der Waals surface area (Å²) in [4.78, 5) is 2.12. The summed E-state index contributed by atoms with van der Waals surface area (Å²) in [5, 5.41) is 3.46. The molecular formula is C18H30N2O. The fourth-order valence-electron chi connectivity index (χ4n) is 1.90. The molecule has 0 aliphatic rings. The van der Waals surface area contributed by atoms with Crippen LogP contribution in [0.1, 0.15) is 26.3 Å². The third kappa shape index (κ3) is 8.53. The molecule has 1 aromatic carbocycles. The standard InChI is InChI=1S/C18H30N2O/c1-15(2)13-19-14-16(3)12-17-6-8-18(9-7-17)21-11-10-20(4)5/h6-9,12,15,19H,10-11,13-14H2,1-5H3. The summed E-state index contributed by atoms with van der Waals surface area (Å²) >= 11 is 0. The summed E-state index contributed by atoms with van der Waals surface area (Å²) in [5.74, 6) is 1.63. The molecule has 0 aromatic heterocycles. The Bertz CT molecular complexity index is 421. The molecule has 3 nitrogen and oxygen atoms in total. The molecule has 0 saturated carbocycles. The van der Waals surface area contributed by atoms with E-state index in [9.17, 15) is 0 Å². The van der Waals surface area contributed by atoms with E-state index in [2.05, 4.69) is 49.2 Å². The Morgan fingerprint density at radius 1 is 1.24 bits per heavy atom. The van der Waals surface area contributed by atoms with E-state index in [-0.39, 0.29) is 0 Å². The van der Waals surface area contributed by atoms with Crippen LogP contribution >= 0.6 is 0 Å². The third-order valence-corrected chi connectivity index (χ3v) is 3.06. The SMILES string of the molecule is CC(=Cc1ccc(OCCN(C)C)cc1)CNCC(C)C. The van der Waals surface area contributed by atoms with Crippen molar-refractivity contribution in [3.05, 3.63) is 35.4 Å². The molecule has 0 unspecified atom stereocenters. The number of ether oxygens (including phenoxy) is 1. The van der Waals surface area contributed by atoms with Gasteiger partial charge in [0.05, 0.1) is 0 Å². The Balaban J connectivity index is 2.42. The van der Waals surface area contributed by atoms with Gasteiger partial charge in [-0.25, -0.2) is 0 Å². The molecule has 1 N–H and O–H groups in total. The van der Waals surface area contributed by atoms with Gasteiger partial charge in [0, 0.05) is 13.1 Å². The second-order valence-electron chi connectivity index (χ2n) is 6.24. The lowest BCUT2D eigenvalue weighted by atomic mass is 10.1. The van der Waals surface area contributed by atoms with Gasteiger partial charge in [0.2, 0.25) is 0 Å². The molecule has 0 fully saturated rings. The molecule has 1 rings (SSSR count). The van der Waals surface area contributed by atoms with Gasteiger partial charge >= 0.3 is 0 Å². The maximum atomic E-state index is 5.69. The topological polar surface area (TPSA) is 24.5 Å². The van der Waals surface area contributed by atoms with Crippen LogP contribution in [0.4, 0.5) is 0 Å². The van der Waals surface area contributed by atoms with Crippen molar-refractivity contribution >= 4 is 6.08 Å². The Morgan fingerprint density at radius 3 is 2.48 bits per heavy atom. The first-order valence-electron chi connectivity index (χ1n) is 7.73. The third-order valence-electron chi connectivity index (χ3n) is 3.06. The Kier molecular flexibility index (Phi) is 8.09. The van der Waals surface area contributed by atoms with Crippen LogP contribution in [0.2, 0.25) is 0 Å². The first-order chi connectivity index (χ1) is 9.97. The lowest BCUT2D eigenvalue weighted by Gasteiger charge is -2.11. The highest BCUT2D eigenvalue weighted by Crippen LogP contribution is 2.14. The second kappa shape index (κ2) is 9.59. The van der Waals surface area contributed by atoms with E-state index in [1.807, 2.05) is 26.2 Å². The molecular weight excluding hydrogens is 260 g/mol. The summed E-state index contributed by atoms with van der Waals surface area (Å²) in [6.45, 7) is 10.3. The van der Waals surface area contributed by atoms with Crippen LogP contribution in [0.3, 0.4) is 0 Å². The van der Waals surface area contributed by atoms with Gasteiger partial charge < -0.3 is 15.0 Å². The van der Waals surface area contributed by atoms with Gasteiger partial charge in [-0.15, -0.1) is 0 Å². The minimum Gasteiger partial charge on any atom is -0.492 e.